The number of benzene rings is 1. The van der Waals surface area contributed by atoms with Crippen LogP contribution in [-0.4, -0.2) is 5.11 Å². The number of phenolic OH excluding ortho intramolecular Hbond substituents is 1. The second kappa shape index (κ2) is 3.50. The fourth-order valence-corrected chi connectivity index (χ4v) is 1.46. The molecule has 0 radical (unpaired) electrons. The summed E-state index contributed by atoms with van der Waals surface area (Å²) < 4.78 is 13.1. The van der Waals surface area contributed by atoms with Gasteiger partial charge in [-0.05, 0) is 12.5 Å². The van der Waals surface area contributed by atoms with Crippen molar-refractivity contribution in [2.75, 3.05) is 0 Å². The van der Waals surface area contributed by atoms with Crippen LogP contribution < -0.4 is 0 Å². The third kappa shape index (κ3) is 1.50. The third-order valence-corrected chi connectivity index (χ3v) is 2.16. The van der Waals surface area contributed by atoms with E-state index in [0.29, 0.717) is 6.42 Å². The summed E-state index contributed by atoms with van der Waals surface area (Å²) in [4.78, 5) is 0. The van der Waals surface area contributed by atoms with E-state index in [9.17, 15) is 9.50 Å². The molecular formula is C8H7Cl2FO. The van der Waals surface area contributed by atoms with Gasteiger partial charge < -0.3 is 5.11 Å². The Kier molecular flexibility index (Phi) is 2.80. The Hall–Kier alpha value is -0.470. The summed E-state index contributed by atoms with van der Waals surface area (Å²) in [6, 6.07) is 1.19. The lowest BCUT2D eigenvalue weighted by molar-refractivity contribution is 0.460. The van der Waals surface area contributed by atoms with E-state index in [0.717, 1.165) is 0 Å². The Bertz CT molecular complexity index is 286. The number of phenols is 1. The topological polar surface area (TPSA) is 20.2 Å². The normalized spacial score (nSPS) is 10.3. The van der Waals surface area contributed by atoms with Crippen molar-refractivity contribution in [2.45, 2.75) is 13.3 Å². The van der Waals surface area contributed by atoms with Crippen LogP contribution in [0.15, 0.2) is 6.07 Å². The summed E-state index contributed by atoms with van der Waals surface area (Å²) in [5, 5.41) is 9.29. The lowest BCUT2D eigenvalue weighted by atomic mass is 10.1. The minimum absolute atomic E-state index is 0.0605. The zero-order chi connectivity index (χ0) is 9.30. The number of aromatic hydroxyl groups is 1. The molecule has 4 heteroatoms. The van der Waals surface area contributed by atoms with E-state index >= 15 is 0 Å². The maximum absolute atomic E-state index is 13.1. The molecule has 0 aromatic heterocycles. The minimum Gasteiger partial charge on any atom is -0.506 e. The monoisotopic (exact) mass is 208 g/mol. The van der Waals surface area contributed by atoms with Gasteiger partial charge in [-0.15, -0.1) is 0 Å². The van der Waals surface area contributed by atoms with E-state index < -0.39 is 5.82 Å². The summed E-state index contributed by atoms with van der Waals surface area (Å²) in [6.07, 6.45) is 0.359. The van der Waals surface area contributed by atoms with Gasteiger partial charge in [-0.3, -0.25) is 0 Å². The van der Waals surface area contributed by atoms with Crippen molar-refractivity contribution in [1.82, 2.24) is 0 Å². The van der Waals surface area contributed by atoms with E-state index in [1.165, 1.54) is 6.07 Å². The average Bonchev–Trinajstić information content (AvgIpc) is 2.02. The van der Waals surface area contributed by atoms with Crippen LogP contribution >= 0.6 is 23.2 Å². The Morgan fingerprint density at radius 1 is 1.42 bits per heavy atom. The number of rotatable bonds is 1. The first-order valence-electron chi connectivity index (χ1n) is 3.43. The standard InChI is InChI=1S/C8H7Cl2FO/c1-2-4-7(11)5(9)3-6(10)8(4)12/h3,12H,2H2,1H3. The number of hydrogen-bond donors (Lipinski definition) is 1. The average molecular weight is 209 g/mol. The fourth-order valence-electron chi connectivity index (χ4n) is 0.958. The highest BCUT2D eigenvalue weighted by Crippen LogP contribution is 2.34. The second-order valence-electron chi connectivity index (χ2n) is 2.33. The fraction of sp³-hybridized carbons (Fsp3) is 0.250. The molecule has 12 heavy (non-hydrogen) atoms. The van der Waals surface area contributed by atoms with Crippen molar-refractivity contribution < 1.29 is 9.50 Å². The van der Waals surface area contributed by atoms with Crippen LogP contribution in [0.4, 0.5) is 4.39 Å². The molecule has 0 bridgehead atoms. The van der Waals surface area contributed by atoms with E-state index in [4.69, 9.17) is 23.2 Å². The smallest absolute Gasteiger partial charge is 0.148 e. The van der Waals surface area contributed by atoms with Gasteiger partial charge >= 0.3 is 0 Å². The predicted molar refractivity (Wildman–Crippen MR) is 47.5 cm³/mol. The molecule has 0 amide bonds. The van der Waals surface area contributed by atoms with Crippen molar-refractivity contribution in [3.8, 4) is 5.75 Å². The van der Waals surface area contributed by atoms with Gasteiger partial charge in [-0.1, -0.05) is 30.1 Å². The molecule has 1 N–H and O–H groups in total. The predicted octanol–water partition coefficient (Wildman–Crippen LogP) is 3.40. The summed E-state index contributed by atoms with van der Waals surface area (Å²) in [7, 11) is 0. The van der Waals surface area contributed by atoms with Crippen molar-refractivity contribution >= 4 is 23.2 Å². The Morgan fingerprint density at radius 2 is 2.00 bits per heavy atom. The van der Waals surface area contributed by atoms with Crippen LogP contribution in [0.25, 0.3) is 0 Å². The first-order chi connectivity index (χ1) is 5.57. The van der Waals surface area contributed by atoms with Crippen molar-refractivity contribution in [3.63, 3.8) is 0 Å². The molecule has 1 rings (SSSR count). The Labute approximate surface area is 79.7 Å². The van der Waals surface area contributed by atoms with Gasteiger partial charge in [0.05, 0.1) is 10.0 Å². The maximum Gasteiger partial charge on any atom is 0.148 e. The molecule has 1 aromatic rings. The molecule has 0 unspecified atom stereocenters. The van der Waals surface area contributed by atoms with Gasteiger partial charge in [-0.25, -0.2) is 4.39 Å². The SMILES string of the molecule is CCc1c(O)c(Cl)cc(Cl)c1F. The summed E-state index contributed by atoms with van der Waals surface area (Å²) >= 11 is 11.1. The molecule has 1 nitrogen and oxygen atoms in total. The van der Waals surface area contributed by atoms with E-state index in [1.807, 2.05) is 0 Å². The van der Waals surface area contributed by atoms with Crippen LogP contribution in [-0.2, 0) is 6.42 Å². The molecule has 0 saturated carbocycles. The van der Waals surface area contributed by atoms with E-state index in [1.54, 1.807) is 6.92 Å². The van der Waals surface area contributed by atoms with Crippen molar-refractivity contribution in [3.05, 3.63) is 27.5 Å². The van der Waals surface area contributed by atoms with Crippen LogP contribution in [0.5, 0.6) is 5.75 Å². The van der Waals surface area contributed by atoms with E-state index in [2.05, 4.69) is 0 Å². The minimum atomic E-state index is -0.596. The summed E-state index contributed by atoms with van der Waals surface area (Å²) in [5.74, 6) is -0.817. The molecule has 0 aliphatic carbocycles. The highest BCUT2D eigenvalue weighted by atomic mass is 35.5. The first-order valence-corrected chi connectivity index (χ1v) is 4.18. The Balaban J connectivity index is 3.42. The molecule has 0 spiro atoms. The lowest BCUT2D eigenvalue weighted by Gasteiger charge is -2.06. The highest BCUT2D eigenvalue weighted by molar-refractivity contribution is 6.35. The number of hydrogen-bond acceptors (Lipinski definition) is 1. The van der Waals surface area contributed by atoms with Crippen LogP contribution in [0.3, 0.4) is 0 Å². The summed E-state index contributed by atoms with van der Waals surface area (Å²) in [5.41, 5.74) is 0.160. The van der Waals surface area contributed by atoms with Crippen LogP contribution in [0.1, 0.15) is 12.5 Å². The van der Waals surface area contributed by atoms with Gasteiger partial charge in [0.25, 0.3) is 0 Å². The first kappa shape index (κ1) is 9.62. The van der Waals surface area contributed by atoms with Gasteiger partial charge in [0.2, 0.25) is 0 Å². The molecule has 1 aromatic carbocycles. The van der Waals surface area contributed by atoms with Crippen LogP contribution in [0, 0.1) is 5.82 Å². The maximum atomic E-state index is 13.1. The molecule has 0 fully saturated rings. The van der Waals surface area contributed by atoms with Crippen molar-refractivity contribution in [1.29, 1.82) is 0 Å². The molecule has 66 valence electrons. The third-order valence-electron chi connectivity index (χ3n) is 1.59. The zero-order valence-electron chi connectivity index (χ0n) is 6.37. The molecule has 0 aliphatic heterocycles. The lowest BCUT2D eigenvalue weighted by Crippen LogP contribution is -1.90. The highest BCUT2D eigenvalue weighted by Gasteiger charge is 2.13. The largest absolute Gasteiger partial charge is 0.506 e. The zero-order valence-corrected chi connectivity index (χ0v) is 7.88. The van der Waals surface area contributed by atoms with Crippen LogP contribution in [0.2, 0.25) is 10.0 Å². The quantitative estimate of drug-likeness (QED) is 0.702. The van der Waals surface area contributed by atoms with Gasteiger partial charge in [0.15, 0.2) is 0 Å². The van der Waals surface area contributed by atoms with Gasteiger partial charge in [0, 0.05) is 5.56 Å². The van der Waals surface area contributed by atoms with Gasteiger partial charge in [-0.2, -0.15) is 0 Å². The van der Waals surface area contributed by atoms with E-state index in [-0.39, 0.29) is 21.4 Å². The molecular weight excluding hydrogens is 202 g/mol. The summed E-state index contributed by atoms with van der Waals surface area (Å²) in [6.45, 7) is 1.71. The number of halogens is 3. The van der Waals surface area contributed by atoms with Gasteiger partial charge in [0.1, 0.15) is 11.6 Å². The molecule has 0 aliphatic rings. The van der Waals surface area contributed by atoms with Crippen molar-refractivity contribution in [2.24, 2.45) is 0 Å². The molecule has 0 atom stereocenters. The molecule has 0 heterocycles. The second-order valence-corrected chi connectivity index (χ2v) is 3.15. The Morgan fingerprint density at radius 3 is 2.50 bits per heavy atom. The molecule has 0 saturated heterocycles.